The van der Waals surface area contributed by atoms with Crippen molar-refractivity contribution in [2.45, 2.75) is 6.92 Å². The van der Waals surface area contributed by atoms with Crippen molar-refractivity contribution in [1.82, 2.24) is 9.80 Å². The molecule has 2 atom stereocenters. The molecule has 1 aromatic heterocycles. The molecule has 1 aliphatic heterocycles. The Labute approximate surface area is 159 Å². The average molecular weight is 377 g/mol. The van der Waals surface area contributed by atoms with Crippen LogP contribution in [0.25, 0.3) is 10.1 Å². The van der Waals surface area contributed by atoms with Crippen LogP contribution >= 0.6 is 11.3 Å². The van der Waals surface area contributed by atoms with Crippen LogP contribution in [-0.2, 0) is 4.74 Å². The fourth-order valence-corrected chi connectivity index (χ4v) is 4.96. The highest BCUT2D eigenvalue weighted by Gasteiger charge is 2.36. The number of aliphatic hydroxyl groups excluding tert-OH is 1. The number of likely N-dealkylation sites (N-methyl/N-ethyl adjacent to an activating group) is 1. The summed E-state index contributed by atoms with van der Waals surface area (Å²) in [6, 6.07) is 8.17. The van der Waals surface area contributed by atoms with Crippen LogP contribution in [0.4, 0.5) is 0 Å². The second kappa shape index (κ2) is 8.48. The summed E-state index contributed by atoms with van der Waals surface area (Å²) in [6.07, 6.45) is 0. The van der Waals surface area contributed by atoms with Gasteiger partial charge >= 0.3 is 0 Å². The number of aliphatic hydroxyl groups is 1. The quantitative estimate of drug-likeness (QED) is 0.807. The first-order chi connectivity index (χ1) is 12.5. The molecule has 0 radical (unpaired) electrons. The van der Waals surface area contributed by atoms with Crippen LogP contribution in [0.2, 0.25) is 0 Å². The maximum atomic E-state index is 13.1. The van der Waals surface area contributed by atoms with Crippen molar-refractivity contribution >= 4 is 27.3 Å². The number of methoxy groups -OCH3 is 1. The standard InChI is InChI=1S/C20H28N2O3S/c1-14-17-6-4-5-7-18(17)26-19(14)20(24)22-11-15(16(12-22)13-23)10-21(2)8-9-25-3/h4-7,15-16,23H,8-13H2,1-3H3/t15-,16-/m1/s1. The molecule has 0 unspecified atom stereocenters. The lowest BCUT2D eigenvalue weighted by atomic mass is 9.96. The largest absolute Gasteiger partial charge is 0.396 e. The number of thiophene rings is 1. The Morgan fingerprint density at radius 1 is 1.35 bits per heavy atom. The van der Waals surface area contributed by atoms with Crippen molar-refractivity contribution in [1.29, 1.82) is 0 Å². The summed E-state index contributed by atoms with van der Waals surface area (Å²) in [7, 11) is 3.77. The van der Waals surface area contributed by atoms with Gasteiger partial charge in [0.2, 0.25) is 0 Å². The van der Waals surface area contributed by atoms with Crippen LogP contribution in [0.3, 0.4) is 0 Å². The zero-order valence-corrected chi connectivity index (χ0v) is 16.6. The Bertz CT molecular complexity index is 761. The molecule has 5 nitrogen and oxygen atoms in total. The number of amides is 1. The van der Waals surface area contributed by atoms with E-state index in [1.54, 1.807) is 18.4 Å². The van der Waals surface area contributed by atoms with Crippen molar-refractivity contribution in [3.63, 3.8) is 0 Å². The zero-order chi connectivity index (χ0) is 18.7. The number of nitrogens with zero attached hydrogens (tertiary/aromatic N) is 2. The summed E-state index contributed by atoms with van der Waals surface area (Å²) in [6.45, 7) is 5.90. The Kier molecular flexibility index (Phi) is 6.29. The zero-order valence-electron chi connectivity index (χ0n) is 15.8. The van der Waals surface area contributed by atoms with E-state index < -0.39 is 0 Å². The molecule has 1 fully saturated rings. The van der Waals surface area contributed by atoms with Gasteiger partial charge in [-0.25, -0.2) is 0 Å². The second-order valence-corrected chi connectivity index (χ2v) is 8.27. The normalized spacial score (nSPS) is 20.4. The average Bonchev–Trinajstić information content (AvgIpc) is 3.21. The van der Waals surface area contributed by atoms with Gasteiger partial charge in [-0.2, -0.15) is 0 Å². The van der Waals surface area contributed by atoms with Crippen LogP contribution in [-0.4, -0.2) is 74.4 Å². The molecule has 1 N–H and O–H groups in total. The van der Waals surface area contributed by atoms with E-state index in [2.05, 4.69) is 24.1 Å². The van der Waals surface area contributed by atoms with Crippen molar-refractivity contribution in [2.75, 3.05) is 53.6 Å². The van der Waals surface area contributed by atoms with Gasteiger partial charge < -0.3 is 19.6 Å². The number of likely N-dealkylation sites (tertiary alicyclic amines) is 1. The maximum Gasteiger partial charge on any atom is 0.264 e. The molecule has 3 rings (SSSR count). The molecule has 26 heavy (non-hydrogen) atoms. The lowest BCUT2D eigenvalue weighted by molar-refractivity contribution is 0.0783. The minimum atomic E-state index is 0.101. The second-order valence-electron chi connectivity index (χ2n) is 7.22. The minimum absolute atomic E-state index is 0.101. The van der Waals surface area contributed by atoms with Gasteiger partial charge in [0.25, 0.3) is 5.91 Å². The van der Waals surface area contributed by atoms with E-state index in [-0.39, 0.29) is 18.4 Å². The smallest absolute Gasteiger partial charge is 0.264 e. The van der Waals surface area contributed by atoms with Crippen LogP contribution in [0.5, 0.6) is 0 Å². The fourth-order valence-electron chi connectivity index (χ4n) is 3.78. The Morgan fingerprint density at radius 3 is 2.77 bits per heavy atom. The lowest BCUT2D eigenvalue weighted by Gasteiger charge is -2.23. The first-order valence-electron chi connectivity index (χ1n) is 9.10. The number of aryl methyl sites for hydroxylation is 1. The molecule has 0 aliphatic carbocycles. The summed E-state index contributed by atoms with van der Waals surface area (Å²) < 4.78 is 6.29. The molecule has 6 heteroatoms. The van der Waals surface area contributed by atoms with Gasteiger partial charge in [0.05, 0.1) is 11.5 Å². The summed E-state index contributed by atoms with van der Waals surface area (Å²) >= 11 is 1.57. The highest BCUT2D eigenvalue weighted by molar-refractivity contribution is 7.21. The SMILES string of the molecule is COCCN(C)C[C@@H]1CN(C(=O)c2sc3ccccc3c2C)C[C@@H]1CO. The fraction of sp³-hybridized carbons (Fsp3) is 0.550. The van der Waals surface area contributed by atoms with E-state index in [9.17, 15) is 9.90 Å². The number of carbonyl (C=O) groups is 1. The molecular weight excluding hydrogens is 348 g/mol. The molecular formula is C20H28N2O3S. The van der Waals surface area contributed by atoms with Crippen molar-refractivity contribution in [3.05, 3.63) is 34.7 Å². The first-order valence-corrected chi connectivity index (χ1v) is 9.92. The number of hydrogen-bond acceptors (Lipinski definition) is 5. The molecule has 1 amide bonds. The summed E-state index contributed by atoms with van der Waals surface area (Å²) in [5, 5.41) is 10.9. The van der Waals surface area contributed by atoms with Gasteiger partial charge in [0.15, 0.2) is 0 Å². The van der Waals surface area contributed by atoms with Crippen LogP contribution < -0.4 is 0 Å². The molecule has 0 bridgehead atoms. The number of fused-ring (bicyclic) bond motifs is 1. The molecule has 142 valence electrons. The monoisotopic (exact) mass is 376 g/mol. The Morgan fingerprint density at radius 2 is 2.08 bits per heavy atom. The van der Waals surface area contributed by atoms with Gasteiger partial charge in [-0.3, -0.25) is 4.79 Å². The topological polar surface area (TPSA) is 53.0 Å². The summed E-state index contributed by atoms with van der Waals surface area (Å²) in [5.74, 6) is 0.531. The van der Waals surface area contributed by atoms with Gasteiger partial charge in [-0.15, -0.1) is 11.3 Å². The van der Waals surface area contributed by atoms with Gasteiger partial charge in [-0.05, 0) is 36.9 Å². The maximum absolute atomic E-state index is 13.1. The molecule has 2 heterocycles. The van der Waals surface area contributed by atoms with E-state index in [0.717, 1.165) is 33.6 Å². The molecule has 0 saturated carbocycles. The highest BCUT2D eigenvalue weighted by Crippen LogP contribution is 2.33. The molecule has 1 aromatic carbocycles. The lowest BCUT2D eigenvalue weighted by Crippen LogP contribution is -2.33. The predicted octanol–water partition coefficient (Wildman–Crippen LogP) is 2.47. The summed E-state index contributed by atoms with van der Waals surface area (Å²) in [5.41, 5.74) is 1.07. The molecule has 2 aromatic rings. The van der Waals surface area contributed by atoms with Crippen LogP contribution in [0.15, 0.2) is 24.3 Å². The van der Waals surface area contributed by atoms with E-state index in [0.29, 0.717) is 25.6 Å². The van der Waals surface area contributed by atoms with Crippen molar-refractivity contribution in [3.8, 4) is 0 Å². The van der Waals surface area contributed by atoms with Crippen LogP contribution in [0, 0.1) is 18.8 Å². The number of hydrogen-bond donors (Lipinski definition) is 1. The Balaban J connectivity index is 1.72. The minimum Gasteiger partial charge on any atom is -0.396 e. The van der Waals surface area contributed by atoms with Gasteiger partial charge in [-0.1, -0.05) is 18.2 Å². The number of rotatable bonds is 7. The van der Waals surface area contributed by atoms with Crippen molar-refractivity contribution < 1.29 is 14.6 Å². The number of benzene rings is 1. The third-order valence-corrected chi connectivity index (χ3v) is 6.62. The number of carbonyl (C=O) groups excluding carboxylic acids is 1. The summed E-state index contributed by atoms with van der Waals surface area (Å²) in [4.78, 5) is 18.1. The third-order valence-electron chi connectivity index (χ3n) is 5.36. The third kappa shape index (κ3) is 3.93. The van der Waals surface area contributed by atoms with E-state index in [1.165, 1.54) is 0 Å². The highest BCUT2D eigenvalue weighted by atomic mass is 32.1. The van der Waals surface area contributed by atoms with Crippen molar-refractivity contribution in [2.24, 2.45) is 11.8 Å². The predicted molar refractivity (Wildman–Crippen MR) is 106 cm³/mol. The van der Waals surface area contributed by atoms with E-state index in [1.807, 2.05) is 24.0 Å². The van der Waals surface area contributed by atoms with E-state index in [4.69, 9.17) is 4.74 Å². The van der Waals surface area contributed by atoms with Gasteiger partial charge in [0, 0.05) is 50.5 Å². The molecule has 1 aliphatic rings. The van der Waals surface area contributed by atoms with E-state index >= 15 is 0 Å². The first kappa shape index (κ1) is 19.3. The Hall–Kier alpha value is -1.47. The van der Waals surface area contributed by atoms with Gasteiger partial charge in [0.1, 0.15) is 0 Å². The molecule has 1 saturated heterocycles. The number of ether oxygens (including phenoxy) is 1. The van der Waals surface area contributed by atoms with Crippen LogP contribution in [0.1, 0.15) is 15.2 Å². The molecule has 0 spiro atoms.